The summed E-state index contributed by atoms with van der Waals surface area (Å²) in [6.45, 7) is 0.415. The van der Waals surface area contributed by atoms with E-state index in [1.807, 2.05) is 0 Å². The Hall–Kier alpha value is -2.19. The number of nitrogens with zero attached hydrogens (tertiary/aromatic N) is 1. The minimum atomic E-state index is -0.476. The second kappa shape index (κ2) is 8.01. The molecule has 0 atom stereocenters. The topological polar surface area (TPSA) is 85.2 Å². The molecule has 6 heteroatoms. The highest BCUT2D eigenvalue weighted by Gasteiger charge is 2.08. The highest BCUT2D eigenvalue weighted by atomic mass is 35.5. The van der Waals surface area contributed by atoms with Crippen molar-refractivity contribution >= 4 is 23.2 Å². The minimum Gasteiger partial charge on any atom is -0.506 e. The zero-order valence-electron chi connectivity index (χ0n) is 10.2. The van der Waals surface area contributed by atoms with Crippen LogP contribution in [-0.2, 0) is 4.79 Å². The molecule has 0 aliphatic carbocycles. The van der Waals surface area contributed by atoms with Crippen molar-refractivity contribution in [1.29, 1.82) is 5.26 Å². The zero-order valence-corrected chi connectivity index (χ0v) is 10.9. The number of aromatic hydroxyl groups is 1. The van der Waals surface area contributed by atoms with Gasteiger partial charge in [-0.25, -0.2) is 0 Å². The summed E-state index contributed by atoms with van der Waals surface area (Å²) in [5.74, 6) is 0.0105. The summed E-state index contributed by atoms with van der Waals surface area (Å²) >= 11 is 5.49. The van der Waals surface area contributed by atoms with Crippen LogP contribution in [0, 0.1) is 11.3 Å². The predicted octanol–water partition coefficient (Wildman–Crippen LogP) is 1.96. The van der Waals surface area contributed by atoms with E-state index in [0.717, 1.165) is 0 Å². The Morgan fingerprint density at radius 2 is 2.21 bits per heavy atom. The van der Waals surface area contributed by atoms with Crippen LogP contribution < -0.4 is 10.6 Å². The number of anilines is 1. The van der Waals surface area contributed by atoms with Gasteiger partial charge in [-0.1, -0.05) is 12.1 Å². The van der Waals surface area contributed by atoms with Crippen molar-refractivity contribution in [3.05, 3.63) is 36.0 Å². The first-order valence-electron chi connectivity index (χ1n) is 5.68. The first-order chi connectivity index (χ1) is 9.19. The number of carbonyl (C=O) groups excluding carboxylic acids is 1. The molecule has 0 aromatic heterocycles. The molecule has 0 heterocycles. The number of amides is 1. The van der Waals surface area contributed by atoms with Gasteiger partial charge in [0.05, 0.1) is 5.69 Å². The molecule has 0 saturated carbocycles. The summed E-state index contributed by atoms with van der Waals surface area (Å²) in [6.07, 6.45) is 1.89. The van der Waals surface area contributed by atoms with Crippen LogP contribution in [0.5, 0.6) is 5.75 Å². The van der Waals surface area contributed by atoms with Gasteiger partial charge in [-0.15, -0.1) is 11.6 Å². The SMILES string of the molecule is N#C/C(=C/Nc1ccccc1O)C(=O)NCCCCl. The van der Waals surface area contributed by atoms with Gasteiger partial charge >= 0.3 is 0 Å². The van der Waals surface area contributed by atoms with E-state index in [0.29, 0.717) is 24.5 Å². The normalized spacial score (nSPS) is 10.6. The van der Waals surface area contributed by atoms with E-state index in [1.165, 1.54) is 12.3 Å². The van der Waals surface area contributed by atoms with Gasteiger partial charge in [0.1, 0.15) is 17.4 Å². The molecule has 5 nitrogen and oxygen atoms in total. The molecule has 19 heavy (non-hydrogen) atoms. The largest absolute Gasteiger partial charge is 0.506 e. The third-order valence-electron chi connectivity index (χ3n) is 2.24. The molecule has 0 fully saturated rings. The molecule has 1 aromatic rings. The third-order valence-corrected chi connectivity index (χ3v) is 2.50. The van der Waals surface area contributed by atoms with Crippen molar-refractivity contribution in [2.24, 2.45) is 0 Å². The Balaban J connectivity index is 2.65. The predicted molar refractivity (Wildman–Crippen MR) is 73.8 cm³/mol. The molecule has 1 amide bonds. The molecule has 0 spiro atoms. The van der Waals surface area contributed by atoms with Gasteiger partial charge in [0.15, 0.2) is 0 Å². The fourth-order valence-electron chi connectivity index (χ4n) is 1.26. The number of para-hydroxylation sites is 2. The van der Waals surface area contributed by atoms with Gasteiger partial charge in [-0.3, -0.25) is 4.79 Å². The summed E-state index contributed by atoms with van der Waals surface area (Å²) < 4.78 is 0. The lowest BCUT2D eigenvalue weighted by Crippen LogP contribution is -2.26. The van der Waals surface area contributed by atoms with Crippen LogP contribution in [0.2, 0.25) is 0 Å². The van der Waals surface area contributed by atoms with E-state index in [1.54, 1.807) is 24.3 Å². The zero-order chi connectivity index (χ0) is 14.1. The molecule has 0 unspecified atom stereocenters. The number of nitrogens with one attached hydrogen (secondary N) is 2. The lowest BCUT2D eigenvalue weighted by atomic mass is 10.2. The Kier molecular flexibility index (Phi) is 6.27. The molecule has 0 aliphatic rings. The molecule has 1 rings (SSSR count). The highest BCUT2D eigenvalue weighted by molar-refractivity contribution is 6.17. The van der Waals surface area contributed by atoms with Crippen molar-refractivity contribution in [1.82, 2.24) is 5.32 Å². The first kappa shape index (κ1) is 14.9. The van der Waals surface area contributed by atoms with E-state index in [-0.39, 0.29) is 11.3 Å². The summed E-state index contributed by atoms with van der Waals surface area (Å²) in [7, 11) is 0. The van der Waals surface area contributed by atoms with Gasteiger partial charge in [0.25, 0.3) is 5.91 Å². The summed E-state index contributed by atoms with van der Waals surface area (Å²) in [5.41, 5.74) is 0.349. The lowest BCUT2D eigenvalue weighted by molar-refractivity contribution is -0.117. The number of phenolic OH excluding ortho intramolecular Hbond substituents is 1. The van der Waals surface area contributed by atoms with Crippen molar-refractivity contribution in [3.63, 3.8) is 0 Å². The number of halogens is 1. The Morgan fingerprint density at radius 3 is 2.84 bits per heavy atom. The van der Waals surface area contributed by atoms with Crippen LogP contribution >= 0.6 is 11.6 Å². The quantitative estimate of drug-likeness (QED) is 0.244. The smallest absolute Gasteiger partial charge is 0.263 e. The van der Waals surface area contributed by atoms with Gasteiger partial charge in [0, 0.05) is 18.6 Å². The Bertz CT molecular complexity index is 509. The fraction of sp³-hybridized carbons (Fsp3) is 0.231. The molecule has 3 N–H and O–H groups in total. The Morgan fingerprint density at radius 1 is 1.47 bits per heavy atom. The van der Waals surface area contributed by atoms with Crippen LogP contribution in [0.4, 0.5) is 5.69 Å². The molecular formula is C13H14ClN3O2. The summed E-state index contributed by atoms with van der Waals surface area (Å²) in [6, 6.07) is 8.32. The maximum absolute atomic E-state index is 11.6. The summed E-state index contributed by atoms with van der Waals surface area (Å²) in [4.78, 5) is 11.6. The number of hydrogen-bond acceptors (Lipinski definition) is 4. The van der Waals surface area contributed by atoms with Gasteiger partial charge < -0.3 is 15.7 Å². The molecule has 0 bridgehead atoms. The van der Waals surface area contributed by atoms with Crippen LogP contribution in [0.25, 0.3) is 0 Å². The average molecular weight is 280 g/mol. The second-order valence-electron chi connectivity index (χ2n) is 3.63. The molecule has 0 radical (unpaired) electrons. The average Bonchev–Trinajstić information content (AvgIpc) is 2.41. The van der Waals surface area contributed by atoms with Crippen molar-refractivity contribution in [2.75, 3.05) is 17.7 Å². The van der Waals surface area contributed by atoms with Crippen LogP contribution in [0.3, 0.4) is 0 Å². The molecule has 0 saturated heterocycles. The maximum atomic E-state index is 11.6. The lowest BCUT2D eigenvalue weighted by Gasteiger charge is -2.05. The molecule has 0 aliphatic heterocycles. The van der Waals surface area contributed by atoms with E-state index in [2.05, 4.69) is 10.6 Å². The van der Waals surface area contributed by atoms with Gasteiger partial charge in [-0.2, -0.15) is 5.26 Å². The van der Waals surface area contributed by atoms with E-state index >= 15 is 0 Å². The number of benzene rings is 1. The monoisotopic (exact) mass is 279 g/mol. The number of phenols is 1. The Labute approximate surface area is 116 Å². The van der Waals surface area contributed by atoms with Crippen molar-refractivity contribution < 1.29 is 9.90 Å². The fourth-order valence-corrected chi connectivity index (χ4v) is 1.39. The van der Waals surface area contributed by atoms with E-state index < -0.39 is 5.91 Å². The van der Waals surface area contributed by atoms with E-state index in [4.69, 9.17) is 16.9 Å². The minimum absolute atomic E-state index is 0.0404. The summed E-state index contributed by atoms with van der Waals surface area (Å²) in [5, 5.41) is 23.7. The molecule has 100 valence electrons. The number of carbonyl (C=O) groups is 1. The van der Waals surface area contributed by atoms with Gasteiger partial charge in [0.2, 0.25) is 0 Å². The van der Waals surface area contributed by atoms with E-state index in [9.17, 15) is 9.90 Å². The van der Waals surface area contributed by atoms with Crippen LogP contribution in [-0.4, -0.2) is 23.4 Å². The number of rotatable bonds is 6. The molecule has 1 aromatic carbocycles. The first-order valence-corrected chi connectivity index (χ1v) is 6.21. The highest BCUT2D eigenvalue weighted by Crippen LogP contribution is 2.21. The van der Waals surface area contributed by atoms with Crippen molar-refractivity contribution in [2.45, 2.75) is 6.42 Å². The number of alkyl halides is 1. The number of nitriles is 1. The standard InChI is InChI=1S/C13H14ClN3O2/c14-6-3-7-16-13(19)10(8-15)9-17-11-4-1-2-5-12(11)18/h1-2,4-5,9,17-18H,3,6-7H2,(H,16,19)/b10-9-. The van der Waals surface area contributed by atoms with Crippen molar-refractivity contribution in [3.8, 4) is 11.8 Å². The third kappa shape index (κ3) is 4.90. The maximum Gasteiger partial charge on any atom is 0.263 e. The second-order valence-corrected chi connectivity index (χ2v) is 4.01. The number of hydrogen-bond donors (Lipinski definition) is 3. The van der Waals surface area contributed by atoms with Gasteiger partial charge in [-0.05, 0) is 18.6 Å². The van der Waals surface area contributed by atoms with Crippen LogP contribution in [0.15, 0.2) is 36.0 Å². The molecular weight excluding hydrogens is 266 g/mol. The van der Waals surface area contributed by atoms with Crippen LogP contribution in [0.1, 0.15) is 6.42 Å².